The highest BCUT2D eigenvalue weighted by atomic mass is 32.2. The van der Waals surface area contributed by atoms with Gasteiger partial charge in [-0.25, -0.2) is 0 Å². The first-order valence-corrected chi connectivity index (χ1v) is 7.16. The Bertz CT molecular complexity index is 440. The van der Waals surface area contributed by atoms with Crippen LogP contribution >= 0.6 is 0 Å². The van der Waals surface area contributed by atoms with Crippen molar-refractivity contribution in [3.05, 3.63) is 30.1 Å². The van der Waals surface area contributed by atoms with E-state index in [9.17, 15) is 8.42 Å². The van der Waals surface area contributed by atoms with Gasteiger partial charge in [0.25, 0.3) is 10.1 Å². The van der Waals surface area contributed by atoms with E-state index in [1.807, 2.05) is 12.1 Å². The molecule has 1 heterocycles. The number of pyridine rings is 1. The summed E-state index contributed by atoms with van der Waals surface area (Å²) in [5.41, 5.74) is 0.894. The zero-order valence-corrected chi connectivity index (χ0v) is 9.98. The normalized spacial score (nSPS) is 19.1. The van der Waals surface area contributed by atoms with E-state index in [4.69, 9.17) is 4.18 Å². The van der Waals surface area contributed by atoms with E-state index >= 15 is 0 Å². The first-order chi connectivity index (χ1) is 7.56. The van der Waals surface area contributed by atoms with Crippen molar-refractivity contribution < 1.29 is 12.6 Å². The minimum absolute atomic E-state index is 0.317. The van der Waals surface area contributed by atoms with Gasteiger partial charge in [0.1, 0.15) is 6.10 Å². The van der Waals surface area contributed by atoms with Crippen LogP contribution in [0.5, 0.6) is 0 Å². The monoisotopic (exact) mass is 241 g/mol. The molecule has 1 aromatic rings. The van der Waals surface area contributed by atoms with Gasteiger partial charge in [0.2, 0.25) is 0 Å². The van der Waals surface area contributed by atoms with Crippen LogP contribution in [0, 0.1) is 5.92 Å². The molecule has 1 aliphatic carbocycles. The van der Waals surface area contributed by atoms with Crippen molar-refractivity contribution in [2.45, 2.75) is 25.4 Å². The summed E-state index contributed by atoms with van der Waals surface area (Å²) in [6.07, 6.45) is 7.29. The molecule has 16 heavy (non-hydrogen) atoms. The van der Waals surface area contributed by atoms with Crippen LogP contribution in [0.25, 0.3) is 0 Å². The topological polar surface area (TPSA) is 56.3 Å². The number of hydrogen-bond acceptors (Lipinski definition) is 4. The zero-order chi connectivity index (χ0) is 11.6. The van der Waals surface area contributed by atoms with E-state index in [0.717, 1.165) is 31.1 Å². The van der Waals surface area contributed by atoms with Crippen molar-refractivity contribution in [3.63, 3.8) is 0 Å². The number of rotatable bonds is 4. The molecule has 1 saturated carbocycles. The Balaban J connectivity index is 2.21. The molecular weight excluding hydrogens is 226 g/mol. The predicted molar refractivity (Wildman–Crippen MR) is 60.2 cm³/mol. The van der Waals surface area contributed by atoms with Crippen LogP contribution in [0.15, 0.2) is 24.5 Å². The molecule has 1 atom stereocenters. The maximum absolute atomic E-state index is 11.2. The quantitative estimate of drug-likeness (QED) is 0.755. The van der Waals surface area contributed by atoms with Crippen LogP contribution in [-0.4, -0.2) is 19.7 Å². The molecule has 0 saturated heterocycles. The Morgan fingerprint density at radius 1 is 1.38 bits per heavy atom. The summed E-state index contributed by atoms with van der Waals surface area (Å²) in [7, 11) is -3.41. The van der Waals surface area contributed by atoms with Crippen molar-refractivity contribution >= 4 is 10.1 Å². The maximum atomic E-state index is 11.2. The zero-order valence-electron chi connectivity index (χ0n) is 9.17. The third-order valence-electron chi connectivity index (χ3n) is 2.89. The van der Waals surface area contributed by atoms with Crippen LogP contribution in [0.2, 0.25) is 0 Å². The summed E-state index contributed by atoms with van der Waals surface area (Å²) in [5, 5.41) is 0. The van der Waals surface area contributed by atoms with E-state index in [-0.39, 0.29) is 6.10 Å². The van der Waals surface area contributed by atoms with Gasteiger partial charge in [-0.3, -0.25) is 9.17 Å². The summed E-state index contributed by atoms with van der Waals surface area (Å²) >= 11 is 0. The van der Waals surface area contributed by atoms with Crippen LogP contribution in [0.4, 0.5) is 0 Å². The fourth-order valence-corrected chi connectivity index (χ4v) is 2.54. The molecule has 0 aromatic carbocycles. The average Bonchev–Trinajstić information content (AvgIpc) is 2.13. The summed E-state index contributed by atoms with van der Waals surface area (Å²) < 4.78 is 27.6. The lowest BCUT2D eigenvalue weighted by Crippen LogP contribution is -2.24. The fraction of sp³-hybridized carbons (Fsp3) is 0.545. The van der Waals surface area contributed by atoms with Crippen LogP contribution < -0.4 is 0 Å². The predicted octanol–water partition coefficient (Wildman–Crippen LogP) is 1.90. The molecule has 88 valence electrons. The highest BCUT2D eigenvalue weighted by molar-refractivity contribution is 7.86. The van der Waals surface area contributed by atoms with Crippen molar-refractivity contribution in [2.24, 2.45) is 5.92 Å². The molecule has 1 unspecified atom stereocenters. The summed E-state index contributed by atoms with van der Waals surface area (Å²) in [5.74, 6) is 0.317. The van der Waals surface area contributed by atoms with Gasteiger partial charge in [-0.05, 0) is 36.5 Å². The number of aromatic nitrogens is 1. The number of hydrogen-bond donors (Lipinski definition) is 0. The third kappa shape index (κ3) is 2.80. The molecule has 1 aromatic heterocycles. The summed E-state index contributed by atoms with van der Waals surface area (Å²) in [6.45, 7) is 0. The van der Waals surface area contributed by atoms with Gasteiger partial charge in [0.15, 0.2) is 0 Å². The van der Waals surface area contributed by atoms with Crippen molar-refractivity contribution in [1.82, 2.24) is 4.98 Å². The van der Waals surface area contributed by atoms with E-state index < -0.39 is 10.1 Å². The van der Waals surface area contributed by atoms with Gasteiger partial charge >= 0.3 is 0 Å². The smallest absolute Gasteiger partial charge is 0.264 e. The Morgan fingerprint density at radius 3 is 2.44 bits per heavy atom. The Kier molecular flexibility index (Phi) is 3.25. The Hall–Kier alpha value is -0.940. The average molecular weight is 241 g/mol. The molecule has 0 bridgehead atoms. The van der Waals surface area contributed by atoms with Gasteiger partial charge in [-0.15, -0.1) is 0 Å². The van der Waals surface area contributed by atoms with Gasteiger partial charge in [0, 0.05) is 12.4 Å². The van der Waals surface area contributed by atoms with Gasteiger partial charge in [-0.2, -0.15) is 8.42 Å². The van der Waals surface area contributed by atoms with E-state index in [2.05, 4.69) is 4.98 Å². The van der Waals surface area contributed by atoms with Gasteiger partial charge < -0.3 is 0 Å². The van der Waals surface area contributed by atoms with Crippen LogP contribution in [0.3, 0.4) is 0 Å². The van der Waals surface area contributed by atoms with Crippen molar-refractivity contribution in [2.75, 3.05) is 6.26 Å². The molecule has 0 spiro atoms. The highest BCUT2D eigenvalue weighted by Crippen LogP contribution is 2.40. The van der Waals surface area contributed by atoms with Crippen LogP contribution in [-0.2, 0) is 14.3 Å². The van der Waals surface area contributed by atoms with Gasteiger partial charge in [-0.1, -0.05) is 6.42 Å². The lowest BCUT2D eigenvalue weighted by atomic mass is 9.79. The second-order valence-electron chi connectivity index (χ2n) is 4.19. The molecule has 4 nitrogen and oxygen atoms in total. The summed E-state index contributed by atoms with van der Waals surface area (Å²) in [4.78, 5) is 3.92. The maximum Gasteiger partial charge on any atom is 0.264 e. The minimum Gasteiger partial charge on any atom is -0.265 e. The SMILES string of the molecule is CS(=O)(=O)OC(c1ccncc1)C1CCC1. The minimum atomic E-state index is -3.41. The van der Waals surface area contributed by atoms with E-state index in [1.54, 1.807) is 12.4 Å². The lowest BCUT2D eigenvalue weighted by Gasteiger charge is -2.32. The van der Waals surface area contributed by atoms with Crippen LogP contribution in [0.1, 0.15) is 30.9 Å². The molecule has 1 aliphatic rings. The van der Waals surface area contributed by atoms with Crippen molar-refractivity contribution in [1.29, 1.82) is 0 Å². The van der Waals surface area contributed by atoms with E-state index in [1.165, 1.54) is 0 Å². The summed E-state index contributed by atoms with van der Waals surface area (Å²) in [6, 6.07) is 3.63. The Morgan fingerprint density at radius 2 is 2.00 bits per heavy atom. The first-order valence-electron chi connectivity index (χ1n) is 5.34. The largest absolute Gasteiger partial charge is 0.265 e. The standard InChI is InChI=1S/C11H15NO3S/c1-16(13,14)15-11(9-3-2-4-9)10-5-7-12-8-6-10/h5-9,11H,2-4H2,1H3. The van der Waals surface area contributed by atoms with Gasteiger partial charge in [0.05, 0.1) is 6.26 Å². The number of nitrogens with zero attached hydrogens (tertiary/aromatic N) is 1. The second kappa shape index (κ2) is 4.51. The molecule has 0 N–H and O–H groups in total. The third-order valence-corrected chi connectivity index (χ3v) is 3.45. The second-order valence-corrected chi connectivity index (χ2v) is 5.79. The molecule has 0 amide bonds. The molecule has 2 rings (SSSR count). The molecule has 0 aliphatic heterocycles. The Labute approximate surface area is 95.8 Å². The molecule has 1 fully saturated rings. The fourth-order valence-electron chi connectivity index (χ4n) is 1.89. The van der Waals surface area contributed by atoms with E-state index in [0.29, 0.717) is 5.92 Å². The lowest BCUT2D eigenvalue weighted by molar-refractivity contribution is 0.0908. The van der Waals surface area contributed by atoms with Crippen molar-refractivity contribution in [3.8, 4) is 0 Å². The molecule has 5 heteroatoms. The molecular formula is C11H15NO3S. The molecule has 0 radical (unpaired) electrons. The highest BCUT2D eigenvalue weighted by Gasteiger charge is 2.31. The first kappa shape index (κ1) is 11.5.